The maximum Gasteiger partial charge on any atom is 0.255 e. The third-order valence-corrected chi connectivity index (χ3v) is 4.60. The highest BCUT2D eigenvalue weighted by Gasteiger charge is 2.27. The van der Waals surface area contributed by atoms with Gasteiger partial charge in [-0.15, -0.1) is 0 Å². The first-order valence-corrected chi connectivity index (χ1v) is 7.95. The zero-order valence-electron chi connectivity index (χ0n) is 12.6. The number of aromatic nitrogens is 1. The number of likely N-dealkylation sites (tertiary alicyclic amines) is 1. The average molecular weight is 332 g/mol. The van der Waals surface area contributed by atoms with Crippen LogP contribution in [-0.2, 0) is 4.79 Å². The molecule has 0 radical (unpaired) electrons. The van der Waals surface area contributed by atoms with E-state index in [0.717, 1.165) is 5.69 Å². The molecule has 6 heteroatoms. The molecule has 1 aromatic carbocycles. The predicted molar refractivity (Wildman–Crippen MR) is 88.6 cm³/mol. The van der Waals surface area contributed by atoms with E-state index in [4.69, 9.17) is 17.3 Å². The number of hydrogen-bond acceptors (Lipinski definition) is 2. The van der Waals surface area contributed by atoms with Gasteiger partial charge in [0.1, 0.15) is 0 Å². The Morgan fingerprint density at radius 1 is 1.13 bits per heavy atom. The molecule has 1 aromatic heterocycles. The molecule has 2 heterocycles. The summed E-state index contributed by atoms with van der Waals surface area (Å²) in [6.07, 6.45) is 5.04. The molecule has 3 rings (SSSR count). The monoisotopic (exact) mass is 331 g/mol. The van der Waals surface area contributed by atoms with Gasteiger partial charge >= 0.3 is 0 Å². The summed E-state index contributed by atoms with van der Waals surface area (Å²) in [5.41, 5.74) is 6.70. The van der Waals surface area contributed by atoms with Gasteiger partial charge in [0.05, 0.1) is 10.6 Å². The summed E-state index contributed by atoms with van der Waals surface area (Å²) in [6, 6.07) is 9.25. The van der Waals surface area contributed by atoms with Crippen molar-refractivity contribution in [2.45, 2.75) is 12.8 Å². The van der Waals surface area contributed by atoms with Gasteiger partial charge in [-0.1, -0.05) is 11.6 Å². The van der Waals surface area contributed by atoms with E-state index in [1.165, 1.54) is 0 Å². The van der Waals surface area contributed by atoms with Crippen LogP contribution in [0.3, 0.4) is 0 Å². The van der Waals surface area contributed by atoms with E-state index in [2.05, 4.69) is 0 Å². The van der Waals surface area contributed by atoms with E-state index in [-0.39, 0.29) is 17.7 Å². The Balaban J connectivity index is 1.80. The van der Waals surface area contributed by atoms with Crippen molar-refractivity contribution in [3.8, 4) is 5.69 Å². The molecule has 0 spiro atoms. The smallest absolute Gasteiger partial charge is 0.255 e. The highest BCUT2D eigenvalue weighted by molar-refractivity contribution is 6.33. The van der Waals surface area contributed by atoms with E-state index in [1.54, 1.807) is 17.0 Å². The number of benzene rings is 1. The van der Waals surface area contributed by atoms with Crippen molar-refractivity contribution in [2.24, 2.45) is 11.7 Å². The van der Waals surface area contributed by atoms with Gasteiger partial charge in [0.15, 0.2) is 0 Å². The SMILES string of the molecule is NC(=O)C1CCN(C(=O)c2cc(-n3cccc3)ccc2Cl)CC1. The first-order chi connectivity index (χ1) is 11.1. The molecule has 0 bridgehead atoms. The third-order valence-electron chi connectivity index (χ3n) is 4.27. The van der Waals surface area contributed by atoms with Gasteiger partial charge in [-0.2, -0.15) is 0 Å². The van der Waals surface area contributed by atoms with Crippen LogP contribution in [0.1, 0.15) is 23.2 Å². The second kappa shape index (κ2) is 6.46. The fraction of sp³-hybridized carbons (Fsp3) is 0.294. The molecule has 1 saturated heterocycles. The minimum absolute atomic E-state index is 0.105. The Kier molecular flexibility index (Phi) is 4.39. The Morgan fingerprint density at radius 2 is 1.78 bits per heavy atom. The fourth-order valence-corrected chi connectivity index (χ4v) is 3.08. The molecule has 2 amide bonds. The fourth-order valence-electron chi connectivity index (χ4n) is 2.88. The summed E-state index contributed by atoms with van der Waals surface area (Å²) >= 11 is 6.22. The summed E-state index contributed by atoms with van der Waals surface area (Å²) in [4.78, 5) is 25.7. The zero-order valence-corrected chi connectivity index (χ0v) is 13.4. The number of halogens is 1. The number of nitrogens with two attached hydrogens (primary N) is 1. The summed E-state index contributed by atoms with van der Waals surface area (Å²) in [5, 5.41) is 0.433. The van der Waals surface area contributed by atoms with Crippen molar-refractivity contribution in [3.63, 3.8) is 0 Å². The van der Waals surface area contributed by atoms with Crippen molar-refractivity contribution in [2.75, 3.05) is 13.1 Å². The van der Waals surface area contributed by atoms with Crippen LogP contribution in [0.15, 0.2) is 42.7 Å². The first kappa shape index (κ1) is 15.6. The topological polar surface area (TPSA) is 68.3 Å². The molecule has 0 unspecified atom stereocenters. The van der Waals surface area contributed by atoms with Gasteiger partial charge in [-0.25, -0.2) is 0 Å². The Hall–Kier alpha value is -2.27. The number of piperidine rings is 1. The van der Waals surface area contributed by atoms with Crippen LogP contribution in [0.2, 0.25) is 5.02 Å². The largest absolute Gasteiger partial charge is 0.369 e. The quantitative estimate of drug-likeness (QED) is 0.938. The Morgan fingerprint density at radius 3 is 2.39 bits per heavy atom. The molecule has 0 aliphatic carbocycles. The molecule has 120 valence electrons. The summed E-state index contributed by atoms with van der Waals surface area (Å²) < 4.78 is 1.92. The number of carbonyl (C=O) groups is 2. The Bertz CT molecular complexity index is 719. The third kappa shape index (κ3) is 3.24. The van der Waals surface area contributed by atoms with Gasteiger partial charge in [0, 0.05) is 37.1 Å². The predicted octanol–water partition coefficient (Wildman–Crippen LogP) is 2.47. The molecule has 1 aliphatic rings. The van der Waals surface area contributed by atoms with Gasteiger partial charge < -0.3 is 15.2 Å². The van der Waals surface area contributed by atoms with Crippen molar-refractivity contribution < 1.29 is 9.59 Å². The summed E-state index contributed by atoms with van der Waals surface area (Å²) in [6.45, 7) is 1.05. The second-order valence-corrected chi connectivity index (χ2v) is 6.13. The van der Waals surface area contributed by atoms with Gasteiger partial charge in [0.2, 0.25) is 5.91 Å². The molecule has 1 fully saturated rings. The molecule has 2 N–H and O–H groups in total. The van der Waals surface area contributed by atoms with Crippen LogP contribution in [0.25, 0.3) is 5.69 Å². The number of carbonyl (C=O) groups excluding carboxylic acids is 2. The molecule has 1 aliphatic heterocycles. The van der Waals surface area contributed by atoms with Crippen LogP contribution in [-0.4, -0.2) is 34.4 Å². The van der Waals surface area contributed by atoms with Crippen LogP contribution in [0.5, 0.6) is 0 Å². The highest BCUT2D eigenvalue weighted by atomic mass is 35.5. The van der Waals surface area contributed by atoms with Gasteiger partial charge in [0.25, 0.3) is 5.91 Å². The van der Waals surface area contributed by atoms with Crippen LogP contribution >= 0.6 is 11.6 Å². The van der Waals surface area contributed by atoms with E-state index < -0.39 is 0 Å². The van der Waals surface area contributed by atoms with Crippen molar-refractivity contribution in [1.29, 1.82) is 0 Å². The molecule has 0 saturated carbocycles. The Labute approximate surface area is 139 Å². The van der Waals surface area contributed by atoms with Crippen molar-refractivity contribution in [3.05, 3.63) is 53.3 Å². The van der Waals surface area contributed by atoms with Crippen molar-refractivity contribution in [1.82, 2.24) is 9.47 Å². The molecule has 5 nitrogen and oxygen atoms in total. The maximum absolute atomic E-state index is 12.7. The molecule has 23 heavy (non-hydrogen) atoms. The average Bonchev–Trinajstić information content (AvgIpc) is 3.09. The van der Waals surface area contributed by atoms with E-state index >= 15 is 0 Å². The van der Waals surface area contributed by atoms with Crippen LogP contribution < -0.4 is 5.73 Å². The lowest BCUT2D eigenvalue weighted by Crippen LogP contribution is -2.41. The first-order valence-electron chi connectivity index (χ1n) is 7.58. The van der Waals surface area contributed by atoms with Crippen LogP contribution in [0.4, 0.5) is 0 Å². The number of nitrogens with zero attached hydrogens (tertiary/aromatic N) is 2. The minimum atomic E-state index is -0.287. The lowest BCUT2D eigenvalue weighted by atomic mass is 9.96. The van der Waals surface area contributed by atoms with E-state index in [0.29, 0.717) is 36.5 Å². The van der Waals surface area contributed by atoms with Crippen LogP contribution in [0, 0.1) is 5.92 Å². The van der Waals surface area contributed by atoms with Crippen molar-refractivity contribution >= 4 is 23.4 Å². The molecular weight excluding hydrogens is 314 g/mol. The lowest BCUT2D eigenvalue weighted by Gasteiger charge is -2.31. The second-order valence-electron chi connectivity index (χ2n) is 5.72. The molecular formula is C17H18ClN3O2. The summed E-state index contributed by atoms with van der Waals surface area (Å²) in [7, 11) is 0. The van der Waals surface area contributed by atoms with E-state index in [9.17, 15) is 9.59 Å². The zero-order chi connectivity index (χ0) is 16.4. The van der Waals surface area contributed by atoms with Gasteiger partial charge in [-0.05, 0) is 43.2 Å². The normalized spacial score (nSPS) is 15.6. The lowest BCUT2D eigenvalue weighted by molar-refractivity contribution is -0.123. The number of rotatable bonds is 3. The van der Waals surface area contributed by atoms with Gasteiger partial charge in [-0.3, -0.25) is 9.59 Å². The maximum atomic E-state index is 12.7. The standard InChI is InChI=1S/C17H18ClN3O2/c18-15-4-3-13(20-7-1-2-8-20)11-14(15)17(23)21-9-5-12(6-10-21)16(19)22/h1-4,7-8,11-12H,5-6,9-10H2,(H2,19,22). The number of hydrogen-bond donors (Lipinski definition) is 1. The van der Waals surface area contributed by atoms with E-state index in [1.807, 2.05) is 35.2 Å². The highest BCUT2D eigenvalue weighted by Crippen LogP contribution is 2.24. The minimum Gasteiger partial charge on any atom is -0.369 e. The molecule has 2 aromatic rings. The number of primary amides is 1. The summed E-state index contributed by atoms with van der Waals surface area (Å²) in [5.74, 6) is -0.530. The molecule has 0 atom stereocenters. The number of amides is 2.